The van der Waals surface area contributed by atoms with Crippen molar-refractivity contribution < 1.29 is 9.90 Å². The van der Waals surface area contributed by atoms with Gasteiger partial charge in [-0.1, -0.05) is 20.8 Å². The van der Waals surface area contributed by atoms with Crippen molar-refractivity contribution in [3.63, 3.8) is 0 Å². The molecule has 0 saturated carbocycles. The summed E-state index contributed by atoms with van der Waals surface area (Å²) >= 11 is 0. The quantitative estimate of drug-likeness (QED) is 0.735. The number of amides is 1. The number of nitrogens with zero attached hydrogens (tertiary/aromatic N) is 1. The third-order valence-electron chi connectivity index (χ3n) is 2.00. The second kappa shape index (κ2) is 6.02. The number of rotatable bonds is 5. The lowest BCUT2D eigenvalue weighted by atomic mass is 9.91. The second-order valence-corrected chi connectivity index (χ2v) is 4.79. The summed E-state index contributed by atoms with van der Waals surface area (Å²) in [5.41, 5.74) is 0.0454. The van der Waals surface area contributed by atoms with Crippen LogP contribution in [0.1, 0.15) is 40.5 Å². The van der Waals surface area contributed by atoms with Crippen molar-refractivity contribution in [2.75, 3.05) is 19.7 Å². The molecule has 0 aliphatic carbocycles. The lowest BCUT2D eigenvalue weighted by Gasteiger charge is -2.25. The Kier molecular flexibility index (Phi) is 5.77. The minimum Gasteiger partial charge on any atom is -0.396 e. The van der Waals surface area contributed by atoms with Gasteiger partial charge < -0.3 is 10.0 Å². The predicted octanol–water partition coefficient (Wildman–Crippen LogP) is 1.65. The Hall–Kier alpha value is -0.570. The van der Waals surface area contributed by atoms with Gasteiger partial charge in [0.15, 0.2) is 0 Å². The Bertz CT molecular complexity index is 173. The van der Waals surface area contributed by atoms with Gasteiger partial charge in [-0.2, -0.15) is 0 Å². The van der Waals surface area contributed by atoms with E-state index in [1.165, 1.54) is 0 Å². The monoisotopic (exact) mass is 201 g/mol. The molecule has 0 fully saturated rings. The molecule has 1 N–H and O–H groups in total. The van der Waals surface area contributed by atoms with E-state index < -0.39 is 0 Å². The van der Waals surface area contributed by atoms with Crippen molar-refractivity contribution in [1.29, 1.82) is 0 Å². The second-order valence-electron chi connectivity index (χ2n) is 4.79. The van der Waals surface area contributed by atoms with Crippen molar-refractivity contribution in [1.82, 2.24) is 4.90 Å². The van der Waals surface area contributed by atoms with E-state index in [2.05, 4.69) is 20.8 Å². The SMILES string of the molecule is CCN(CCCO)C(=O)CC(C)(C)C. The average molecular weight is 201 g/mol. The fraction of sp³-hybridized carbons (Fsp3) is 0.909. The van der Waals surface area contributed by atoms with Gasteiger partial charge >= 0.3 is 0 Å². The predicted molar refractivity (Wildman–Crippen MR) is 58.0 cm³/mol. The molecular weight excluding hydrogens is 178 g/mol. The minimum absolute atomic E-state index is 0.0454. The number of carbonyl (C=O) groups is 1. The molecule has 3 nitrogen and oxygen atoms in total. The van der Waals surface area contributed by atoms with Gasteiger partial charge in [-0.25, -0.2) is 0 Å². The molecule has 0 saturated heterocycles. The first kappa shape index (κ1) is 13.4. The zero-order valence-electron chi connectivity index (χ0n) is 9.84. The number of aliphatic hydroxyl groups is 1. The molecule has 0 aromatic heterocycles. The molecule has 0 aliphatic heterocycles. The van der Waals surface area contributed by atoms with Gasteiger partial charge in [0.25, 0.3) is 0 Å². The zero-order valence-corrected chi connectivity index (χ0v) is 9.84. The maximum absolute atomic E-state index is 11.7. The van der Waals surface area contributed by atoms with E-state index in [1.54, 1.807) is 0 Å². The molecule has 0 bridgehead atoms. The molecule has 0 aromatic carbocycles. The fourth-order valence-corrected chi connectivity index (χ4v) is 1.29. The van der Waals surface area contributed by atoms with Crippen molar-refractivity contribution >= 4 is 5.91 Å². The third-order valence-corrected chi connectivity index (χ3v) is 2.00. The summed E-state index contributed by atoms with van der Waals surface area (Å²) in [6.45, 7) is 9.70. The normalized spacial score (nSPS) is 11.5. The van der Waals surface area contributed by atoms with Gasteiger partial charge in [-0.3, -0.25) is 4.79 Å². The van der Waals surface area contributed by atoms with Crippen LogP contribution in [-0.4, -0.2) is 35.6 Å². The lowest BCUT2D eigenvalue weighted by Crippen LogP contribution is -2.34. The molecule has 0 atom stereocenters. The van der Waals surface area contributed by atoms with E-state index in [9.17, 15) is 4.79 Å². The number of hydrogen-bond acceptors (Lipinski definition) is 2. The van der Waals surface area contributed by atoms with E-state index >= 15 is 0 Å². The maximum atomic E-state index is 11.7. The average Bonchev–Trinajstić information content (AvgIpc) is 2.02. The largest absolute Gasteiger partial charge is 0.396 e. The molecule has 0 rings (SSSR count). The van der Waals surface area contributed by atoms with Crippen molar-refractivity contribution in [2.24, 2.45) is 5.41 Å². The highest BCUT2D eigenvalue weighted by molar-refractivity contribution is 5.76. The van der Waals surface area contributed by atoms with Crippen LogP contribution in [0, 0.1) is 5.41 Å². The number of aliphatic hydroxyl groups excluding tert-OH is 1. The molecule has 3 heteroatoms. The molecule has 0 radical (unpaired) electrons. The fourth-order valence-electron chi connectivity index (χ4n) is 1.29. The van der Waals surface area contributed by atoms with Crippen LogP contribution < -0.4 is 0 Å². The molecular formula is C11H23NO2. The van der Waals surface area contributed by atoms with Gasteiger partial charge in [-0.05, 0) is 18.8 Å². The summed E-state index contributed by atoms with van der Waals surface area (Å²) < 4.78 is 0. The van der Waals surface area contributed by atoms with Gasteiger partial charge in [0.2, 0.25) is 5.91 Å². The lowest BCUT2D eigenvalue weighted by molar-refractivity contribution is -0.133. The first-order chi connectivity index (χ1) is 6.40. The molecule has 14 heavy (non-hydrogen) atoms. The highest BCUT2D eigenvalue weighted by atomic mass is 16.3. The summed E-state index contributed by atoms with van der Waals surface area (Å²) in [5.74, 6) is 0.188. The van der Waals surface area contributed by atoms with Gasteiger partial charge in [-0.15, -0.1) is 0 Å². The van der Waals surface area contributed by atoms with E-state index in [-0.39, 0.29) is 17.9 Å². The molecule has 0 heterocycles. The first-order valence-corrected chi connectivity index (χ1v) is 5.29. The van der Waals surface area contributed by atoms with Crippen LogP contribution in [0.25, 0.3) is 0 Å². The third kappa shape index (κ3) is 5.97. The molecule has 1 amide bonds. The smallest absolute Gasteiger partial charge is 0.223 e. The van der Waals surface area contributed by atoms with Crippen molar-refractivity contribution in [3.8, 4) is 0 Å². The Labute approximate surface area is 87.1 Å². The molecule has 0 spiro atoms. The molecule has 0 unspecified atom stereocenters. The van der Waals surface area contributed by atoms with Crippen LogP contribution in [-0.2, 0) is 4.79 Å². The highest BCUT2D eigenvalue weighted by Crippen LogP contribution is 2.19. The topological polar surface area (TPSA) is 40.5 Å². The van der Waals surface area contributed by atoms with Crippen LogP contribution >= 0.6 is 0 Å². The van der Waals surface area contributed by atoms with Gasteiger partial charge in [0, 0.05) is 26.1 Å². The zero-order chi connectivity index (χ0) is 11.2. The van der Waals surface area contributed by atoms with E-state index in [1.807, 2.05) is 11.8 Å². The summed E-state index contributed by atoms with van der Waals surface area (Å²) in [5, 5.41) is 8.69. The van der Waals surface area contributed by atoms with E-state index in [0.717, 1.165) is 6.54 Å². The maximum Gasteiger partial charge on any atom is 0.223 e. The summed E-state index contributed by atoms with van der Waals surface area (Å²) in [6, 6.07) is 0. The Morgan fingerprint density at radius 2 is 1.93 bits per heavy atom. The first-order valence-electron chi connectivity index (χ1n) is 5.29. The Morgan fingerprint density at radius 1 is 1.36 bits per heavy atom. The Balaban J connectivity index is 4.04. The van der Waals surface area contributed by atoms with Gasteiger partial charge in [0.05, 0.1) is 0 Å². The van der Waals surface area contributed by atoms with Crippen molar-refractivity contribution in [2.45, 2.75) is 40.5 Å². The standard InChI is InChI=1S/C11H23NO2/c1-5-12(7-6-8-13)10(14)9-11(2,3)4/h13H,5-9H2,1-4H3. The van der Waals surface area contributed by atoms with Crippen LogP contribution in [0.3, 0.4) is 0 Å². The van der Waals surface area contributed by atoms with E-state index in [0.29, 0.717) is 19.4 Å². The summed E-state index contributed by atoms with van der Waals surface area (Å²) in [4.78, 5) is 13.5. The highest BCUT2D eigenvalue weighted by Gasteiger charge is 2.19. The molecule has 0 aliphatic rings. The molecule has 0 aromatic rings. The van der Waals surface area contributed by atoms with E-state index in [4.69, 9.17) is 5.11 Å². The van der Waals surface area contributed by atoms with Crippen LogP contribution in [0.15, 0.2) is 0 Å². The molecule has 84 valence electrons. The minimum atomic E-state index is 0.0454. The summed E-state index contributed by atoms with van der Waals surface area (Å²) in [7, 11) is 0. The van der Waals surface area contributed by atoms with Gasteiger partial charge in [0.1, 0.15) is 0 Å². The Morgan fingerprint density at radius 3 is 2.29 bits per heavy atom. The van der Waals surface area contributed by atoms with Crippen LogP contribution in [0.4, 0.5) is 0 Å². The number of hydrogen-bond donors (Lipinski definition) is 1. The van der Waals surface area contributed by atoms with Crippen LogP contribution in [0.2, 0.25) is 0 Å². The number of carbonyl (C=O) groups excluding carboxylic acids is 1. The summed E-state index contributed by atoms with van der Waals surface area (Å²) in [6.07, 6.45) is 1.25. The van der Waals surface area contributed by atoms with Crippen molar-refractivity contribution in [3.05, 3.63) is 0 Å². The van der Waals surface area contributed by atoms with Crippen LogP contribution in [0.5, 0.6) is 0 Å².